The van der Waals surface area contributed by atoms with E-state index in [-0.39, 0.29) is 12.4 Å². The van der Waals surface area contributed by atoms with Gasteiger partial charge >= 0.3 is 0 Å². The molecule has 0 saturated carbocycles. The number of aliphatic hydroxyl groups excluding tert-OH is 1. The van der Waals surface area contributed by atoms with Crippen LogP contribution in [0.3, 0.4) is 0 Å². The van der Waals surface area contributed by atoms with E-state index in [0.717, 1.165) is 5.56 Å². The van der Waals surface area contributed by atoms with Gasteiger partial charge < -0.3 is 20.3 Å². The van der Waals surface area contributed by atoms with Gasteiger partial charge in [0.25, 0.3) is 0 Å². The molecule has 0 radical (unpaired) electrons. The molecule has 4 nitrogen and oxygen atoms in total. The summed E-state index contributed by atoms with van der Waals surface area (Å²) in [4.78, 5) is 0. The molecule has 1 rings (SSSR count). The summed E-state index contributed by atoms with van der Waals surface area (Å²) >= 11 is 0. The predicted octanol–water partition coefficient (Wildman–Crippen LogP) is 0.873. The van der Waals surface area contributed by atoms with Gasteiger partial charge in [-0.15, -0.1) is 0 Å². The maximum atomic E-state index is 9.79. The third-order valence-corrected chi connectivity index (χ3v) is 1.99. The number of aromatic hydroxyl groups is 1. The third kappa shape index (κ3) is 3.42. The first kappa shape index (κ1) is 11.8. The summed E-state index contributed by atoms with van der Waals surface area (Å²) in [5.41, 5.74) is 0.773. The van der Waals surface area contributed by atoms with Gasteiger partial charge in [-0.1, -0.05) is 12.1 Å². The Morgan fingerprint density at radius 2 is 2.20 bits per heavy atom. The van der Waals surface area contributed by atoms with Crippen molar-refractivity contribution < 1.29 is 14.9 Å². The minimum absolute atomic E-state index is 0.0892. The molecule has 0 aromatic heterocycles. The number of phenols is 1. The SMILES string of the molecule is CCOc1cccc(CNCCO)c1O. The van der Waals surface area contributed by atoms with E-state index in [4.69, 9.17) is 9.84 Å². The molecule has 0 fully saturated rings. The lowest BCUT2D eigenvalue weighted by Crippen LogP contribution is -2.17. The smallest absolute Gasteiger partial charge is 0.162 e. The van der Waals surface area contributed by atoms with Crippen LogP contribution >= 0.6 is 0 Å². The van der Waals surface area contributed by atoms with E-state index in [2.05, 4.69) is 5.32 Å². The van der Waals surface area contributed by atoms with Gasteiger partial charge in [-0.25, -0.2) is 0 Å². The highest BCUT2D eigenvalue weighted by Crippen LogP contribution is 2.29. The largest absolute Gasteiger partial charge is 0.504 e. The lowest BCUT2D eigenvalue weighted by molar-refractivity contribution is 0.291. The molecule has 3 N–H and O–H groups in total. The van der Waals surface area contributed by atoms with Crippen LogP contribution in [0.2, 0.25) is 0 Å². The summed E-state index contributed by atoms with van der Waals surface area (Å²) in [6, 6.07) is 5.39. The van der Waals surface area contributed by atoms with Crippen LogP contribution < -0.4 is 10.1 Å². The van der Waals surface area contributed by atoms with Gasteiger partial charge in [0.05, 0.1) is 13.2 Å². The van der Waals surface area contributed by atoms with E-state index in [1.807, 2.05) is 19.1 Å². The standard InChI is InChI=1S/C11H17NO3/c1-2-15-10-5-3-4-9(11(10)14)8-12-6-7-13/h3-5,12-14H,2,6-8H2,1H3. The molecule has 0 saturated heterocycles. The molecule has 0 aliphatic heterocycles. The van der Waals surface area contributed by atoms with Crippen LogP contribution in [0, 0.1) is 0 Å². The molecule has 0 heterocycles. The molecule has 0 amide bonds. The molecule has 15 heavy (non-hydrogen) atoms. The Kier molecular flexibility index (Phi) is 4.93. The number of rotatable bonds is 6. The maximum Gasteiger partial charge on any atom is 0.162 e. The van der Waals surface area contributed by atoms with Crippen molar-refractivity contribution in [1.82, 2.24) is 5.32 Å². The molecule has 0 atom stereocenters. The number of phenolic OH excluding ortho intramolecular Hbond substituents is 1. The molecule has 0 aliphatic carbocycles. The Hall–Kier alpha value is -1.26. The second-order valence-electron chi connectivity index (χ2n) is 3.10. The summed E-state index contributed by atoms with van der Waals surface area (Å²) in [6.45, 7) is 3.52. The molecule has 1 aromatic carbocycles. The highest BCUT2D eigenvalue weighted by atomic mass is 16.5. The zero-order valence-corrected chi connectivity index (χ0v) is 8.86. The number of aliphatic hydroxyl groups is 1. The van der Waals surface area contributed by atoms with E-state index in [1.54, 1.807) is 6.07 Å². The first-order valence-electron chi connectivity index (χ1n) is 5.04. The number of hydrogen-bond acceptors (Lipinski definition) is 4. The Labute approximate surface area is 89.5 Å². The van der Waals surface area contributed by atoms with Crippen molar-refractivity contribution in [2.75, 3.05) is 19.8 Å². The topological polar surface area (TPSA) is 61.7 Å². The monoisotopic (exact) mass is 211 g/mol. The average Bonchev–Trinajstić information content (AvgIpc) is 2.24. The van der Waals surface area contributed by atoms with Crippen molar-refractivity contribution in [2.24, 2.45) is 0 Å². The van der Waals surface area contributed by atoms with Crippen molar-refractivity contribution in [2.45, 2.75) is 13.5 Å². The predicted molar refractivity (Wildman–Crippen MR) is 58.1 cm³/mol. The minimum Gasteiger partial charge on any atom is -0.504 e. The Morgan fingerprint density at radius 3 is 2.87 bits per heavy atom. The molecular formula is C11H17NO3. The van der Waals surface area contributed by atoms with Crippen molar-refractivity contribution in [3.05, 3.63) is 23.8 Å². The van der Waals surface area contributed by atoms with E-state index in [1.165, 1.54) is 0 Å². The highest BCUT2D eigenvalue weighted by Gasteiger charge is 2.06. The molecule has 1 aromatic rings. The van der Waals surface area contributed by atoms with Gasteiger partial charge in [0, 0.05) is 18.7 Å². The first-order chi connectivity index (χ1) is 7.29. The van der Waals surface area contributed by atoms with Gasteiger partial charge in [-0.05, 0) is 13.0 Å². The third-order valence-electron chi connectivity index (χ3n) is 1.99. The van der Waals surface area contributed by atoms with Crippen molar-refractivity contribution in [3.63, 3.8) is 0 Å². The second-order valence-corrected chi connectivity index (χ2v) is 3.10. The average molecular weight is 211 g/mol. The van der Waals surface area contributed by atoms with Gasteiger partial charge in [0.1, 0.15) is 0 Å². The normalized spacial score (nSPS) is 10.3. The van der Waals surface area contributed by atoms with Crippen molar-refractivity contribution >= 4 is 0 Å². The fourth-order valence-corrected chi connectivity index (χ4v) is 1.28. The van der Waals surface area contributed by atoms with Crippen LogP contribution in [0.4, 0.5) is 0 Å². The zero-order chi connectivity index (χ0) is 11.1. The summed E-state index contributed by atoms with van der Waals surface area (Å²) in [6.07, 6.45) is 0. The van der Waals surface area contributed by atoms with Crippen molar-refractivity contribution in [3.8, 4) is 11.5 Å². The van der Waals surface area contributed by atoms with Crippen LogP contribution in [0.1, 0.15) is 12.5 Å². The fourth-order valence-electron chi connectivity index (χ4n) is 1.28. The van der Waals surface area contributed by atoms with Crippen LogP contribution in [0.5, 0.6) is 11.5 Å². The molecule has 84 valence electrons. The van der Waals surface area contributed by atoms with E-state index in [9.17, 15) is 5.11 Å². The van der Waals surface area contributed by atoms with Crippen LogP contribution in [-0.4, -0.2) is 30.0 Å². The van der Waals surface area contributed by atoms with Crippen LogP contribution in [0.25, 0.3) is 0 Å². The number of nitrogens with one attached hydrogen (secondary N) is 1. The Bertz CT molecular complexity index is 302. The summed E-state index contributed by atoms with van der Waals surface area (Å²) < 4.78 is 5.26. The zero-order valence-electron chi connectivity index (χ0n) is 8.86. The summed E-state index contributed by atoms with van der Waals surface area (Å²) in [5.74, 6) is 0.672. The van der Waals surface area contributed by atoms with Crippen molar-refractivity contribution in [1.29, 1.82) is 0 Å². The molecule has 4 heteroatoms. The van der Waals surface area contributed by atoms with Gasteiger partial charge in [0.2, 0.25) is 0 Å². The number of para-hydroxylation sites is 1. The number of hydrogen-bond donors (Lipinski definition) is 3. The Morgan fingerprint density at radius 1 is 1.40 bits per heavy atom. The lowest BCUT2D eigenvalue weighted by atomic mass is 10.2. The maximum absolute atomic E-state index is 9.79. The van der Waals surface area contributed by atoms with Gasteiger partial charge in [0.15, 0.2) is 11.5 Å². The van der Waals surface area contributed by atoms with Crippen LogP contribution in [-0.2, 0) is 6.54 Å². The first-order valence-corrected chi connectivity index (χ1v) is 5.04. The van der Waals surface area contributed by atoms with E-state index in [0.29, 0.717) is 25.4 Å². The molecular weight excluding hydrogens is 194 g/mol. The summed E-state index contributed by atoms with van der Waals surface area (Å²) in [7, 11) is 0. The lowest BCUT2D eigenvalue weighted by Gasteiger charge is -2.10. The molecule has 0 bridgehead atoms. The molecule has 0 spiro atoms. The number of ether oxygens (including phenoxy) is 1. The van der Waals surface area contributed by atoms with Gasteiger partial charge in [-0.3, -0.25) is 0 Å². The second kappa shape index (κ2) is 6.27. The van der Waals surface area contributed by atoms with Crippen LogP contribution in [0.15, 0.2) is 18.2 Å². The molecule has 0 unspecified atom stereocenters. The Balaban J connectivity index is 2.66. The molecule has 0 aliphatic rings. The highest BCUT2D eigenvalue weighted by molar-refractivity contribution is 5.45. The number of benzene rings is 1. The summed E-state index contributed by atoms with van der Waals surface area (Å²) in [5, 5.41) is 21.4. The minimum atomic E-state index is 0.0892. The quantitative estimate of drug-likeness (QED) is 0.611. The van der Waals surface area contributed by atoms with E-state index < -0.39 is 0 Å². The van der Waals surface area contributed by atoms with Gasteiger partial charge in [-0.2, -0.15) is 0 Å². The fraction of sp³-hybridized carbons (Fsp3) is 0.455. The van der Waals surface area contributed by atoms with E-state index >= 15 is 0 Å².